The summed E-state index contributed by atoms with van der Waals surface area (Å²) in [6.07, 6.45) is 12.8. The number of hydrogen-bond acceptors (Lipinski definition) is 4. The molecule has 0 spiro atoms. The molecule has 26 heavy (non-hydrogen) atoms. The van der Waals surface area contributed by atoms with Gasteiger partial charge in [-0.25, -0.2) is 9.97 Å². The first kappa shape index (κ1) is 16.6. The van der Waals surface area contributed by atoms with Crippen molar-refractivity contribution in [2.24, 2.45) is 5.92 Å². The zero-order valence-corrected chi connectivity index (χ0v) is 14.7. The highest BCUT2D eigenvalue weighted by molar-refractivity contribution is 5.93. The number of hydrogen-bond donors (Lipinski definition) is 0. The maximum Gasteiger partial charge on any atom is 0.256 e. The van der Waals surface area contributed by atoms with Gasteiger partial charge in [0.15, 0.2) is 0 Å². The number of carbonyl (C=O) groups excluding carboxylic acids is 1. The second kappa shape index (κ2) is 7.60. The van der Waals surface area contributed by atoms with Crippen LogP contribution >= 0.6 is 0 Å². The van der Waals surface area contributed by atoms with E-state index < -0.39 is 0 Å². The van der Waals surface area contributed by atoms with Crippen LogP contribution in [0.3, 0.4) is 0 Å². The molecule has 132 valence electrons. The van der Waals surface area contributed by atoms with Gasteiger partial charge in [-0.05, 0) is 42.6 Å². The van der Waals surface area contributed by atoms with Gasteiger partial charge in [0.05, 0.1) is 5.56 Å². The third kappa shape index (κ3) is 3.57. The quantitative estimate of drug-likeness (QED) is 0.728. The van der Waals surface area contributed by atoms with Gasteiger partial charge in [0.1, 0.15) is 6.33 Å². The molecular formula is C21H22N4O. The molecule has 2 aromatic heterocycles. The second-order valence-electron chi connectivity index (χ2n) is 6.94. The van der Waals surface area contributed by atoms with Crippen LogP contribution in [0.25, 0.3) is 10.8 Å². The molecule has 3 heterocycles. The van der Waals surface area contributed by atoms with Crippen molar-refractivity contribution in [3.8, 4) is 0 Å². The number of benzene rings is 1. The molecule has 1 fully saturated rings. The standard InChI is InChI=1S/C21H22N4O/c26-21(19-13-23-15-24-14-19)25-8-3-4-16(7-9-25)10-18-12-22-11-17-5-1-2-6-20(17)18/h1-2,5-6,11-16H,3-4,7-10H2. The van der Waals surface area contributed by atoms with Crippen LogP contribution in [0.2, 0.25) is 0 Å². The van der Waals surface area contributed by atoms with Crippen LogP contribution in [-0.2, 0) is 6.42 Å². The molecule has 1 atom stereocenters. The lowest BCUT2D eigenvalue weighted by atomic mass is 9.91. The lowest BCUT2D eigenvalue weighted by Gasteiger charge is -2.20. The highest BCUT2D eigenvalue weighted by Gasteiger charge is 2.22. The number of likely N-dealkylation sites (tertiary alicyclic amines) is 1. The van der Waals surface area contributed by atoms with Crippen LogP contribution in [0, 0.1) is 5.92 Å². The van der Waals surface area contributed by atoms with Crippen molar-refractivity contribution in [1.82, 2.24) is 19.9 Å². The third-order valence-electron chi connectivity index (χ3n) is 5.20. The van der Waals surface area contributed by atoms with E-state index >= 15 is 0 Å². The van der Waals surface area contributed by atoms with Crippen molar-refractivity contribution >= 4 is 16.7 Å². The number of nitrogens with zero attached hydrogens (tertiary/aromatic N) is 4. The molecule has 1 aromatic carbocycles. The minimum atomic E-state index is 0.0399. The first-order chi connectivity index (χ1) is 12.8. The predicted octanol–water partition coefficient (Wildman–Crippen LogP) is 3.51. The minimum absolute atomic E-state index is 0.0399. The lowest BCUT2D eigenvalue weighted by Crippen LogP contribution is -2.32. The smallest absolute Gasteiger partial charge is 0.256 e. The number of aromatic nitrogens is 3. The molecule has 1 unspecified atom stereocenters. The number of rotatable bonds is 3. The van der Waals surface area contributed by atoms with Crippen LogP contribution in [0.15, 0.2) is 55.4 Å². The monoisotopic (exact) mass is 346 g/mol. The number of carbonyl (C=O) groups is 1. The Morgan fingerprint density at radius 2 is 1.85 bits per heavy atom. The Balaban J connectivity index is 1.45. The van der Waals surface area contributed by atoms with E-state index in [0.717, 1.165) is 38.8 Å². The Morgan fingerprint density at radius 1 is 1.00 bits per heavy atom. The zero-order valence-electron chi connectivity index (χ0n) is 14.7. The highest BCUT2D eigenvalue weighted by atomic mass is 16.2. The van der Waals surface area contributed by atoms with E-state index in [1.807, 2.05) is 17.3 Å². The van der Waals surface area contributed by atoms with Crippen molar-refractivity contribution in [2.75, 3.05) is 13.1 Å². The summed E-state index contributed by atoms with van der Waals surface area (Å²) in [6.45, 7) is 1.59. The van der Waals surface area contributed by atoms with Crippen molar-refractivity contribution in [3.63, 3.8) is 0 Å². The first-order valence-electron chi connectivity index (χ1n) is 9.17. The molecule has 1 saturated heterocycles. The SMILES string of the molecule is O=C(c1cncnc1)N1CCCC(Cc2cncc3ccccc23)CC1. The van der Waals surface area contributed by atoms with Crippen LogP contribution in [0.5, 0.6) is 0 Å². The van der Waals surface area contributed by atoms with Crippen molar-refractivity contribution < 1.29 is 4.79 Å². The molecule has 0 radical (unpaired) electrons. The molecule has 0 N–H and O–H groups in total. The van der Waals surface area contributed by atoms with Gasteiger partial charge < -0.3 is 4.90 Å². The fourth-order valence-corrected chi connectivity index (χ4v) is 3.82. The predicted molar refractivity (Wildman–Crippen MR) is 101 cm³/mol. The summed E-state index contributed by atoms with van der Waals surface area (Å²) in [5.74, 6) is 0.616. The van der Waals surface area contributed by atoms with Crippen LogP contribution in [0.1, 0.15) is 35.2 Å². The minimum Gasteiger partial charge on any atom is -0.339 e. The van der Waals surface area contributed by atoms with Gasteiger partial charge >= 0.3 is 0 Å². The summed E-state index contributed by atoms with van der Waals surface area (Å²) in [4.78, 5) is 26.9. The van der Waals surface area contributed by atoms with E-state index in [-0.39, 0.29) is 5.91 Å². The summed E-state index contributed by atoms with van der Waals surface area (Å²) >= 11 is 0. The molecule has 0 bridgehead atoms. The van der Waals surface area contributed by atoms with Gasteiger partial charge in [-0.15, -0.1) is 0 Å². The average molecular weight is 346 g/mol. The Morgan fingerprint density at radius 3 is 2.73 bits per heavy atom. The molecule has 5 heteroatoms. The maximum atomic E-state index is 12.6. The molecule has 5 nitrogen and oxygen atoms in total. The van der Waals surface area contributed by atoms with E-state index in [4.69, 9.17) is 0 Å². The molecular weight excluding hydrogens is 324 g/mol. The zero-order chi connectivity index (χ0) is 17.8. The van der Waals surface area contributed by atoms with Gasteiger partial charge in [-0.3, -0.25) is 9.78 Å². The molecule has 1 aliphatic heterocycles. The normalized spacial score (nSPS) is 17.8. The van der Waals surface area contributed by atoms with Crippen molar-refractivity contribution in [1.29, 1.82) is 0 Å². The van der Waals surface area contributed by atoms with Gasteiger partial charge in [0, 0.05) is 43.3 Å². The molecule has 1 amide bonds. The van der Waals surface area contributed by atoms with Crippen LogP contribution in [-0.4, -0.2) is 38.8 Å². The van der Waals surface area contributed by atoms with E-state index in [0.29, 0.717) is 11.5 Å². The molecule has 1 aliphatic rings. The van der Waals surface area contributed by atoms with Crippen LogP contribution < -0.4 is 0 Å². The molecule has 3 aromatic rings. The maximum absolute atomic E-state index is 12.6. The molecule has 0 saturated carbocycles. The Hall–Kier alpha value is -2.82. The fourth-order valence-electron chi connectivity index (χ4n) is 3.82. The summed E-state index contributed by atoms with van der Waals surface area (Å²) < 4.78 is 0. The van der Waals surface area contributed by atoms with Gasteiger partial charge in [0.25, 0.3) is 5.91 Å². The van der Waals surface area contributed by atoms with Gasteiger partial charge in [0.2, 0.25) is 0 Å². The summed E-state index contributed by atoms with van der Waals surface area (Å²) in [5.41, 5.74) is 1.88. The Labute approximate surface area is 153 Å². The summed E-state index contributed by atoms with van der Waals surface area (Å²) in [7, 11) is 0. The summed E-state index contributed by atoms with van der Waals surface area (Å²) in [5, 5.41) is 2.49. The number of pyridine rings is 1. The molecule has 4 rings (SSSR count). The molecule has 0 aliphatic carbocycles. The lowest BCUT2D eigenvalue weighted by molar-refractivity contribution is 0.0759. The Bertz CT molecular complexity index is 891. The second-order valence-corrected chi connectivity index (χ2v) is 6.94. The highest BCUT2D eigenvalue weighted by Crippen LogP contribution is 2.26. The van der Waals surface area contributed by atoms with E-state index in [9.17, 15) is 4.79 Å². The third-order valence-corrected chi connectivity index (χ3v) is 5.20. The topological polar surface area (TPSA) is 59.0 Å². The average Bonchev–Trinajstić information content (AvgIpc) is 2.94. The summed E-state index contributed by atoms with van der Waals surface area (Å²) in [6, 6.07) is 8.42. The Kier molecular flexibility index (Phi) is 4.86. The number of amides is 1. The van der Waals surface area contributed by atoms with Crippen LogP contribution in [0.4, 0.5) is 0 Å². The van der Waals surface area contributed by atoms with Gasteiger partial charge in [-0.2, -0.15) is 0 Å². The van der Waals surface area contributed by atoms with E-state index in [1.165, 1.54) is 22.7 Å². The fraction of sp³-hybridized carbons (Fsp3) is 0.333. The first-order valence-corrected chi connectivity index (χ1v) is 9.17. The van der Waals surface area contributed by atoms with Gasteiger partial charge in [-0.1, -0.05) is 24.3 Å². The van der Waals surface area contributed by atoms with Crippen molar-refractivity contribution in [3.05, 3.63) is 66.5 Å². The largest absolute Gasteiger partial charge is 0.339 e. The van der Waals surface area contributed by atoms with E-state index in [2.05, 4.69) is 39.2 Å². The number of fused-ring (bicyclic) bond motifs is 1. The van der Waals surface area contributed by atoms with Crippen molar-refractivity contribution in [2.45, 2.75) is 25.7 Å². The van der Waals surface area contributed by atoms with E-state index in [1.54, 1.807) is 12.4 Å².